The van der Waals surface area contributed by atoms with Crippen molar-refractivity contribution in [3.8, 4) is 10.8 Å². The lowest BCUT2D eigenvalue weighted by molar-refractivity contribution is 0.0685. The molecule has 3 rings (SSSR count). The second kappa shape index (κ2) is 5.47. The molecule has 102 valence electrons. The first kappa shape index (κ1) is 12.9. The number of carboxylic acids is 1. The number of thiophene rings is 1. The molecule has 0 radical (unpaired) electrons. The van der Waals surface area contributed by atoms with Crippen LogP contribution >= 0.6 is 23.1 Å². The molecule has 3 aromatic heterocycles. The molecule has 0 aliphatic rings. The third-order valence-electron chi connectivity index (χ3n) is 2.25. The van der Waals surface area contributed by atoms with Crippen molar-refractivity contribution in [3.05, 3.63) is 35.0 Å². The third-order valence-corrected chi connectivity index (χ3v) is 3.95. The predicted octanol–water partition coefficient (Wildman–Crippen LogP) is 2.78. The lowest BCUT2D eigenvalue weighted by Crippen LogP contribution is -1.94. The number of hydrogen-bond donors (Lipinski definition) is 1. The van der Waals surface area contributed by atoms with Gasteiger partial charge in [0, 0.05) is 6.07 Å². The quantitative estimate of drug-likeness (QED) is 0.718. The van der Waals surface area contributed by atoms with Crippen LogP contribution in [-0.2, 0) is 5.75 Å². The Kier molecular flexibility index (Phi) is 3.52. The highest BCUT2D eigenvalue weighted by molar-refractivity contribution is 7.98. The van der Waals surface area contributed by atoms with E-state index in [-0.39, 0.29) is 5.69 Å². The van der Waals surface area contributed by atoms with E-state index in [9.17, 15) is 4.79 Å². The van der Waals surface area contributed by atoms with Gasteiger partial charge in [-0.1, -0.05) is 23.0 Å². The fraction of sp³-hybridized carbons (Fsp3) is 0.0909. The molecule has 0 saturated carbocycles. The minimum absolute atomic E-state index is 0.120. The summed E-state index contributed by atoms with van der Waals surface area (Å²) in [7, 11) is 0. The maximum atomic E-state index is 10.7. The molecule has 9 heteroatoms. The van der Waals surface area contributed by atoms with Gasteiger partial charge in [-0.3, -0.25) is 0 Å². The number of nitrogens with zero attached hydrogens (tertiary/aromatic N) is 3. The Balaban J connectivity index is 1.65. The monoisotopic (exact) mass is 309 g/mol. The third kappa shape index (κ3) is 2.73. The Labute approximate surface area is 120 Å². The molecule has 1 N–H and O–H groups in total. The van der Waals surface area contributed by atoms with E-state index in [4.69, 9.17) is 14.0 Å². The van der Waals surface area contributed by atoms with E-state index in [2.05, 4.69) is 15.4 Å². The number of rotatable bonds is 5. The van der Waals surface area contributed by atoms with Crippen molar-refractivity contribution in [2.75, 3.05) is 0 Å². The maximum Gasteiger partial charge on any atom is 0.358 e. The summed E-state index contributed by atoms with van der Waals surface area (Å²) in [6, 6.07) is 5.16. The van der Waals surface area contributed by atoms with E-state index in [0.717, 1.165) is 4.88 Å². The zero-order valence-corrected chi connectivity index (χ0v) is 11.5. The summed E-state index contributed by atoms with van der Waals surface area (Å²) in [5, 5.41) is 22.3. The van der Waals surface area contributed by atoms with E-state index < -0.39 is 5.97 Å². The number of carbonyl (C=O) groups is 1. The zero-order valence-electron chi connectivity index (χ0n) is 9.85. The van der Waals surface area contributed by atoms with E-state index in [1.807, 2.05) is 17.5 Å². The average Bonchev–Trinajstić information content (AvgIpc) is 3.17. The molecule has 0 aliphatic carbocycles. The summed E-state index contributed by atoms with van der Waals surface area (Å²) in [6.07, 6.45) is 0. The standard InChI is InChI=1S/C11H7N3O4S2/c15-10(16)7-4-6(18-14-7)5-20-11-13-12-9(17-11)8-2-1-3-19-8/h1-4H,5H2,(H,15,16). The molecule has 0 bridgehead atoms. The molecule has 0 amide bonds. The molecule has 0 fully saturated rings. The highest BCUT2D eigenvalue weighted by Crippen LogP contribution is 2.28. The van der Waals surface area contributed by atoms with Crippen molar-refractivity contribution in [2.45, 2.75) is 11.0 Å². The number of hydrogen-bond acceptors (Lipinski definition) is 8. The SMILES string of the molecule is O=C(O)c1cc(CSc2nnc(-c3cccs3)o2)on1. The van der Waals surface area contributed by atoms with E-state index in [1.165, 1.54) is 29.2 Å². The van der Waals surface area contributed by atoms with E-state index in [0.29, 0.717) is 22.6 Å². The Bertz CT molecular complexity index is 720. The van der Waals surface area contributed by atoms with Crippen LogP contribution < -0.4 is 0 Å². The zero-order chi connectivity index (χ0) is 13.9. The van der Waals surface area contributed by atoms with Gasteiger partial charge in [-0.25, -0.2) is 4.79 Å². The second-order valence-electron chi connectivity index (χ2n) is 3.62. The van der Waals surface area contributed by atoms with Gasteiger partial charge in [-0.05, 0) is 11.4 Å². The minimum Gasteiger partial charge on any atom is -0.476 e. The summed E-state index contributed by atoms with van der Waals surface area (Å²) in [5.74, 6) is 0.143. The molecular formula is C11H7N3O4S2. The molecule has 3 heterocycles. The molecule has 0 saturated heterocycles. The van der Waals surface area contributed by atoms with Crippen molar-refractivity contribution >= 4 is 29.1 Å². The Morgan fingerprint density at radius 1 is 1.45 bits per heavy atom. The fourth-order valence-electron chi connectivity index (χ4n) is 1.38. The van der Waals surface area contributed by atoms with Gasteiger partial charge >= 0.3 is 5.97 Å². The molecule has 0 atom stereocenters. The van der Waals surface area contributed by atoms with Gasteiger partial charge in [0.1, 0.15) is 5.76 Å². The van der Waals surface area contributed by atoms with Crippen LogP contribution in [0.5, 0.6) is 0 Å². The number of aromatic nitrogens is 3. The van der Waals surface area contributed by atoms with Crippen LogP contribution in [0.15, 0.2) is 37.7 Å². The molecular weight excluding hydrogens is 302 g/mol. The van der Waals surface area contributed by atoms with Gasteiger partial charge in [0.05, 0.1) is 10.6 Å². The van der Waals surface area contributed by atoms with Crippen molar-refractivity contribution in [1.82, 2.24) is 15.4 Å². The highest BCUT2D eigenvalue weighted by Gasteiger charge is 2.13. The fourth-order valence-corrected chi connectivity index (χ4v) is 2.66. The maximum absolute atomic E-state index is 10.7. The Morgan fingerprint density at radius 3 is 3.05 bits per heavy atom. The van der Waals surface area contributed by atoms with Gasteiger partial charge in [0.25, 0.3) is 11.1 Å². The number of thioether (sulfide) groups is 1. The number of carboxylic acid groups (broad SMARTS) is 1. The molecule has 0 aliphatic heterocycles. The Hall–Kier alpha value is -2.13. The summed E-state index contributed by atoms with van der Waals surface area (Å²) in [5.41, 5.74) is -0.120. The first-order chi connectivity index (χ1) is 9.72. The highest BCUT2D eigenvalue weighted by atomic mass is 32.2. The van der Waals surface area contributed by atoms with Crippen LogP contribution in [0.2, 0.25) is 0 Å². The van der Waals surface area contributed by atoms with Gasteiger partial charge in [-0.15, -0.1) is 21.5 Å². The topological polar surface area (TPSA) is 102 Å². The van der Waals surface area contributed by atoms with Crippen molar-refractivity contribution < 1.29 is 18.8 Å². The van der Waals surface area contributed by atoms with Crippen LogP contribution in [0.4, 0.5) is 0 Å². The van der Waals surface area contributed by atoms with Gasteiger partial charge in [-0.2, -0.15) is 0 Å². The van der Waals surface area contributed by atoms with Gasteiger partial charge in [0.15, 0.2) is 5.69 Å². The number of aromatic carboxylic acids is 1. The molecule has 0 unspecified atom stereocenters. The minimum atomic E-state index is -1.12. The average molecular weight is 309 g/mol. The van der Waals surface area contributed by atoms with Crippen LogP contribution in [0.1, 0.15) is 16.2 Å². The predicted molar refractivity (Wildman–Crippen MR) is 70.6 cm³/mol. The second-order valence-corrected chi connectivity index (χ2v) is 5.50. The normalized spacial score (nSPS) is 10.8. The Morgan fingerprint density at radius 2 is 2.35 bits per heavy atom. The van der Waals surface area contributed by atoms with Crippen LogP contribution in [0, 0.1) is 0 Å². The lowest BCUT2D eigenvalue weighted by atomic mass is 10.4. The van der Waals surface area contributed by atoms with E-state index >= 15 is 0 Å². The first-order valence-corrected chi connectivity index (χ1v) is 7.28. The summed E-state index contributed by atoms with van der Waals surface area (Å²) in [6.45, 7) is 0. The van der Waals surface area contributed by atoms with Crippen molar-refractivity contribution in [1.29, 1.82) is 0 Å². The lowest BCUT2D eigenvalue weighted by Gasteiger charge is -1.90. The molecule has 0 aromatic carbocycles. The van der Waals surface area contributed by atoms with Gasteiger partial charge in [0.2, 0.25) is 0 Å². The van der Waals surface area contributed by atoms with Crippen molar-refractivity contribution in [2.24, 2.45) is 0 Å². The van der Waals surface area contributed by atoms with Crippen molar-refractivity contribution in [3.63, 3.8) is 0 Å². The summed E-state index contributed by atoms with van der Waals surface area (Å²) in [4.78, 5) is 11.6. The van der Waals surface area contributed by atoms with Crippen LogP contribution in [0.3, 0.4) is 0 Å². The van der Waals surface area contributed by atoms with E-state index in [1.54, 1.807) is 0 Å². The molecule has 20 heavy (non-hydrogen) atoms. The molecule has 0 spiro atoms. The smallest absolute Gasteiger partial charge is 0.358 e. The molecule has 3 aromatic rings. The van der Waals surface area contributed by atoms with Crippen LogP contribution in [-0.4, -0.2) is 26.4 Å². The summed E-state index contributed by atoms with van der Waals surface area (Å²) >= 11 is 2.77. The van der Waals surface area contributed by atoms with Gasteiger partial charge < -0.3 is 14.0 Å². The van der Waals surface area contributed by atoms with Crippen LogP contribution in [0.25, 0.3) is 10.8 Å². The summed E-state index contributed by atoms with van der Waals surface area (Å²) < 4.78 is 10.4. The molecule has 7 nitrogen and oxygen atoms in total. The largest absolute Gasteiger partial charge is 0.476 e. The first-order valence-electron chi connectivity index (χ1n) is 5.41.